The predicted octanol–water partition coefficient (Wildman–Crippen LogP) is 1.24. The Labute approximate surface area is 104 Å². The van der Waals surface area contributed by atoms with E-state index in [1.54, 1.807) is 0 Å². The average Bonchev–Trinajstić information content (AvgIpc) is 2.98. The summed E-state index contributed by atoms with van der Waals surface area (Å²) in [6.45, 7) is 0.757. The predicted molar refractivity (Wildman–Crippen MR) is 64.8 cm³/mol. The lowest BCUT2D eigenvalue weighted by atomic mass is 10.1. The molecule has 0 aromatic carbocycles. The maximum Gasteiger partial charge on any atom is 0.233 e. The van der Waals surface area contributed by atoms with Crippen LogP contribution in [0.1, 0.15) is 30.2 Å². The Kier molecular flexibility index (Phi) is 3.17. The molecule has 17 heavy (non-hydrogen) atoms. The lowest BCUT2D eigenvalue weighted by Crippen LogP contribution is -2.17. The van der Waals surface area contributed by atoms with Gasteiger partial charge in [-0.2, -0.15) is 16.7 Å². The summed E-state index contributed by atoms with van der Waals surface area (Å²) in [6.07, 6.45) is 4.85. The van der Waals surface area contributed by atoms with Crippen molar-refractivity contribution in [1.29, 1.82) is 0 Å². The molecule has 1 saturated heterocycles. The topological polar surface area (TPSA) is 74.2 Å². The van der Waals surface area contributed by atoms with Gasteiger partial charge in [-0.3, -0.25) is 0 Å². The van der Waals surface area contributed by atoms with E-state index < -0.39 is 0 Å². The third-order valence-electron chi connectivity index (χ3n) is 3.00. The van der Waals surface area contributed by atoms with Crippen LogP contribution in [-0.4, -0.2) is 34.3 Å². The number of ether oxygens (including phenoxy) is 1. The summed E-state index contributed by atoms with van der Waals surface area (Å²) >= 11 is 1.86. The number of hydrogen-bond donors (Lipinski definition) is 1. The number of nitrogens with two attached hydrogens (primary N) is 1. The second-order valence-electron chi connectivity index (χ2n) is 4.32. The zero-order valence-corrected chi connectivity index (χ0v) is 10.2. The summed E-state index contributed by atoms with van der Waals surface area (Å²) in [5.74, 6) is 3.44. The van der Waals surface area contributed by atoms with Crippen LogP contribution in [0.25, 0.3) is 0 Å². The molecule has 1 aliphatic heterocycles. The number of nitrogens with zero attached hydrogens (tertiary/aromatic N) is 2. The minimum Gasteiger partial charge on any atom is -0.368 e. The molecule has 6 heteroatoms. The summed E-state index contributed by atoms with van der Waals surface area (Å²) in [5.41, 5.74) is 5.81. The smallest absolute Gasteiger partial charge is 0.233 e. The fourth-order valence-electron chi connectivity index (χ4n) is 2.08. The minimum atomic E-state index is -0.0229. The summed E-state index contributed by atoms with van der Waals surface area (Å²) in [5, 5.41) is 4.01. The fraction of sp³-hybridized carbons (Fsp3) is 0.636. The standard InChI is InChI=1S/C11H15N3O2S/c12-8-2-1-7(5-8)11-13-10(14-16-11)9-6-17-4-3-15-9/h1-2,7-9H,3-6,12H2. The molecule has 2 N–H and O–H groups in total. The summed E-state index contributed by atoms with van der Waals surface area (Å²) in [7, 11) is 0. The van der Waals surface area contributed by atoms with E-state index in [4.69, 9.17) is 15.0 Å². The molecule has 92 valence electrons. The van der Waals surface area contributed by atoms with Gasteiger partial charge < -0.3 is 15.0 Å². The van der Waals surface area contributed by atoms with Gasteiger partial charge in [0.2, 0.25) is 11.7 Å². The van der Waals surface area contributed by atoms with Gasteiger partial charge in [0.25, 0.3) is 0 Å². The zero-order chi connectivity index (χ0) is 11.7. The van der Waals surface area contributed by atoms with Crippen LogP contribution >= 0.6 is 11.8 Å². The van der Waals surface area contributed by atoms with Gasteiger partial charge in [0, 0.05) is 17.5 Å². The van der Waals surface area contributed by atoms with Gasteiger partial charge in [-0.05, 0) is 6.42 Å². The number of thioether (sulfide) groups is 1. The SMILES string of the molecule is NC1C=CC(c2nc(C3CSCCO3)no2)C1. The first-order valence-corrected chi connectivity index (χ1v) is 6.95. The molecule has 3 unspecified atom stereocenters. The fourth-order valence-corrected chi connectivity index (χ4v) is 2.92. The van der Waals surface area contributed by atoms with Crippen molar-refractivity contribution in [2.75, 3.05) is 18.1 Å². The molecule has 0 bridgehead atoms. The van der Waals surface area contributed by atoms with Crippen LogP contribution in [0, 0.1) is 0 Å². The Balaban J connectivity index is 1.71. The average molecular weight is 253 g/mol. The number of rotatable bonds is 2. The first-order chi connectivity index (χ1) is 8.33. The van der Waals surface area contributed by atoms with Crippen molar-refractivity contribution in [3.8, 4) is 0 Å². The summed E-state index contributed by atoms with van der Waals surface area (Å²) < 4.78 is 10.9. The van der Waals surface area contributed by atoms with Crippen LogP contribution in [0.4, 0.5) is 0 Å². The van der Waals surface area contributed by atoms with Gasteiger partial charge in [0.05, 0.1) is 12.5 Å². The molecule has 0 amide bonds. The zero-order valence-electron chi connectivity index (χ0n) is 9.41. The molecule has 1 aromatic heterocycles. The van der Waals surface area contributed by atoms with E-state index in [0.717, 1.165) is 24.5 Å². The number of allylic oxidation sites excluding steroid dienone is 1. The quantitative estimate of drug-likeness (QED) is 0.799. The molecular weight excluding hydrogens is 238 g/mol. The number of aromatic nitrogens is 2. The Hall–Kier alpha value is -0.850. The van der Waals surface area contributed by atoms with E-state index in [1.165, 1.54) is 0 Å². The van der Waals surface area contributed by atoms with E-state index in [2.05, 4.69) is 10.1 Å². The molecule has 1 fully saturated rings. The monoisotopic (exact) mass is 253 g/mol. The van der Waals surface area contributed by atoms with Crippen molar-refractivity contribution in [3.63, 3.8) is 0 Å². The lowest BCUT2D eigenvalue weighted by molar-refractivity contribution is 0.0677. The van der Waals surface area contributed by atoms with Gasteiger partial charge in [-0.15, -0.1) is 0 Å². The highest BCUT2D eigenvalue weighted by molar-refractivity contribution is 7.99. The van der Waals surface area contributed by atoms with Crippen molar-refractivity contribution >= 4 is 11.8 Å². The third kappa shape index (κ3) is 2.38. The van der Waals surface area contributed by atoms with E-state index >= 15 is 0 Å². The van der Waals surface area contributed by atoms with E-state index in [1.807, 2.05) is 23.9 Å². The molecule has 3 atom stereocenters. The first kappa shape index (κ1) is 11.3. The number of hydrogen-bond acceptors (Lipinski definition) is 6. The molecule has 0 spiro atoms. The van der Waals surface area contributed by atoms with Crippen molar-refractivity contribution in [3.05, 3.63) is 23.9 Å². The second kappa shape index (κ2) is 4.80. The van der Waals surface area contributed by atoms with Gasteiger partial charge in [0.1, 0.15) is 6.10 Å². The maximum absolute atomic E-state index is 5.81. The van der Waals surface area contributed by atoms with Gasteiger partial charge >= 0.3 is 0 Å². The Morgan fingerprint density at radius 3 is 3.06 bits per heavy atom. The molecule has 5 nitrogen and oxygen atoms in total. The molecule has 0 radical (unpaired) electrons. The van der Waals surface area contributed by atoms with Crippen LogP contribution < -0.4 is 5.73 Å². The minimum absolute atomic E-state index is 0.0229. The van der Waals surface area contributed by atoms with E-state index in [0.29, 0.717) is 11.7 Å². The molecule has 1 aliphatic carbocycles. The van der Waals surface area contributed by atoms with Crippen molar-refractivity contribution < 1.29 is 9.26 Å². The molecule has 2 aliphatic rings. The summed E-state index contributed by atoms with van der Waals surface area (Å²) in [4.78, 5) is 4.43. The molecule has 0 saturated carbocycles. The van der Waals surface area contributed by atoms with Crippen molar-refractivity contribution in [1.82, 2.24) is 10.1 Å². The van der Waals surface area contributed by atoms with Gasteiger partial charge in [0.15, 0.2) is 0 Å². The molecule has 2 heterocycles. The molecule has 1 aromatic rings. The molecule has 3 rings (SSSR count). The van der Waals surface area contributed by atoms with Crippen LogP contribution in [0.5, 0.6) is 0 Å². The second-order valence-corrected chi connectivity index (χ2v) is 5.47. The van der Waals surface area contributed by atoms with E-state index in [-0.39, 0.29) is 18.1 Å². The lowest BCUT2D eigenvalue weighted by Gasteiger charge is -2.18. The van der Waals surface area contributed by atoms with Crippen LogP contribution in [0.15, 0.2) is 16.7 Å². The Bertz CT molecular complexity index is 415. The van der Waals surface area contributed by atoms with Crippen LogP contribution in [0.2, 0.25) is 0 Å². The van der Waals surface area contributed by atoms with Crippen molar-refractivity contribution in [2.24, 2.45) is 5.73 Å². The van der Waals surface area contributed by atoms with Crippen LogP contribution in [0.3, 0.4) is 0 Å². The Morgan fingerprint density at radius 1 is 1.41 bits per heavy atom. The van der Waals surface area contributed by atoms with E-state index in [9.17, 15) is 0 Å². The Morgan fingerprint density at radius 2 is 2.35 bits per heavy atom. The highest BCUT2D eigenvalue weighted by Gasteiger charge is 2.26. The normalized spacial score (nSPS) is 33.1. The maximum atomic E-state index is 5.81. The third-order valence-corrected chi connectivity index (χ3v) is 3.99. The van der Waals surface area contributed by atoms with Crippen molar-refractivity contribution in [2.45, 2.75) is 24.5 Å². The molecular formula is C11H15N3O2S. The largest absolute Gasteiger partial charge is 0.368 e. The van der Waals surface area contributed by atoms with Gasteiger partial charge in [-0.25, -0.2) is 0 Å². The highest BCUT2D eigenvalue weighted by atomic mass is 32.2. The summed E-state index contributed by atoms with van der Waals surface area (Å²) in [6, 6.07) is 0.108. The van der Waals surface area contributed by atoms with Crippen LogP contribution in [-0.2, 0) is 4.74 Å². The first-order valence-electron chi connectivity index (χ1n) is 5.79. The van der Waals surface area contributed by atoms with Gasteiger partial charge in [-0.1, -0.05) is 17.3 Å². The highest BCUT2D eigenvalue weighted by Crippen LogP contribution is 2.29.